The monoisotopic (exact) mass is 251 g/mol. The fourth-order valence-corrected chi connectivity index (χ4v) is 1.78. The number of ether oxygens (including phenoxy) is 1. The zero-order valence-electron chi connectivity index (χ0n) is 11.3. The Kier molecular flexibility index (Phi) is 5.82. The van der Waals surface area contributed by atoms with E-state index in [1.807, 2.05) is 7.05 Å². The number of hydrogen-bond donors (Lipinski definition) is 1. The molecule has 0 spiro atoms. The summed E-state index contributed by atoms with van der Waals surface area (Å²) in [6, 6.07) is 4.98. The highest BCUT2D eigenvalue weighted by molar-refractivity contribution is 5.94. The molecule has 1 N–H and O–H groups in total. The van der Waals surface area contributed by atoms with E-state index >= 15 is 0 Å². The van der Waals surface area contributed by atoms with E-state index in [2.05, 4.69) is 4.90 Å². The van der Waals surface area contributed by atoms with Gasteiger partial charge in [0.25, 0.3) is 0 Å². The number of ketones is 1. The summed E-state index contributed by atoms with van der Waals surface area (Å²) < 4.78 is 5.00. The molecular formula is C14H21NO3. The first kappa shape index (κ1) is 14.7. The summed E-state index contributed by atoms with van der Waals surface area (Å²) in [5.74, 6) is 0.247. The molecule has 0 amide bonds. The Hall–Kier alpha value is -1.39. The lowest BCUT2D eigenvalue weighted by molar-refractivity contribution is 0.101. The lowest BCUT2D eigenvalue weighted by Crippen LogP contribution is -2.20. The molecule has 0 atom stereocenters. The molecule has 0 aliphatic heterocycles. The summed E-state index contributed by atoms with van der Waals surface area (Å²) >= 11 is 0. The van der Waals surface area contributed by atoms with Crippen LogP contribution in [0.4, 0.5) is 0 Å². The van der Waals surface area contributed by atoms with Crippen LogP contribution in [0.2, 0.25) is 0 Å². The van der Waals surface area contributed by atoms with Gasteiger partial charge in [0, 0.05) is 37.9 Å². The summed E-state index contributed by atoms with van der Waals surface area (Å²) in [6.07, 6.45) is 0.945. The van der Waals surface area contributed by atoms with Gasteiger partial charge in [-0.25, -0.2) is 0 Å². The highest BCUT2D eigenvalue weighted by atomic mass is 16.5. The van der Waals surface area contributed by atoms with Crippen molar-refractivity contribution < 1.29 is 14.6 Å². The second-order valence-corrected chi connectivity index (χ2v) is 4.48. The number of aromatic hydroxyl groups is 1. The zero-order chi connectivity index (χ0) is 13.5. The van der Waals surface area contributed by atoms with E-state index in [0.29, 0.717) is 12.1 Å². The van der Waals surface area contributed by atoms with Crippen molar-refractivity contribution in [3.05, 3.63) is 29.3 Å². The molecule has 0 aliphatic rings. The average molecular weight is 251 g/mol. The summed E-state index contributed by atoms with van der Waals surface area (Å²) in [6.45, 7) is 3.76. The topological polar surface area (TPSA) is 49.8 Å². The van der Waals surface area contributed by atoms with Gasteiger partial charge in [0.15, 0.2) is 5.78 Å². The number of carbonyl (C=O) groups excluding carboxylic acids is 1. The summed E-state index contributed by atoms with van der Waals surface area (Å²) in [4.78, 5) is 13.4. The normalized spacial score (nSPS) is 10.9. The maximum absolute atomic E-state index is 11.3. The third-order valence-electron chi connectivity index (χ3n) is 2.81. The molecule has 18 heavy (non-hydrogen) atoms. The van der Waals surface area contributed by atoms with Crippen molar-refractivity contribution in [1.29, 1.82) is 0 Å². The standard InChI is InChI=1S/C14H21NO3/c1-11(16)12-5-6-14(17)13(9-12)10-15(2)7-4-8-18-3/h5-6,9,17H,4,7-8,10H2,1-3H3. The molecule has 4 nitrogen and oxygen atoms in total. The van der Waals surface area contributed by atoms with Crippen LogP contribution in [0.5, 0.6) is 5.75 Å². The van der Waals surface area contributed by atoms with Gasteiger partial charge in [-0.1, -0.05) is 0 Å². The Bertz CT molecular complexity index is 404. The zero-order valence-corrected chi connectivity index (χ0v) is 11.3. The Morgan fingerprint density at radius 1 is 1.44 bits per heavy atom. The third kappa shape index (κ3) is 4.47. The summed E-state index contributed by atoms with van der Waals surface area (Å²) in [5, 5.41) is 9.77. The van der Waals surface area contributed by atoms with Gasteiger partial charge in [0.05, 0.1) is 0 Å². The molecule has 0 bridgehead atoms. The minimum atomic E-state index is 0.0123. The molecule has 0 radical (unpaired) electrons. The number of Topliss-reactive ketones (excluding diaryl/α,β-unsaturated/α-hetero) is 1. The average Bonchev–Trinajstić information content (AvgIpc) is 2.32. The molecule has 0 saturated heterocycles. The van der Waals surface area contributed by atoms with Gasteiger partial charge < -0.3 is 14.7 Å². The van der Waals surface area contributed by atoms with E-state index in [1.54, 1.807) is 25.3 Å². The first-order valence-electron chi connectivity index (χ1n) is 6.05. The molecule has 0 aliphatic carbocycles. The Balaban J connectivity index is 2.65. The number of rotatable bonds is 7. The van der Waals surface area contributed by atoms with Crippen LogP contribution in [0, 0.1) is 0 Å². The van der Waals surface area contributed by atoms with Gasteiger partial charge in [-0.2, -0.15) is 0 Å². The molecular weight excluding hydrogens is 230 g/mol. The van der Waals surface area contributed by atoms with Crippen molar-refractivity contribution in [3.63, 3.8) is 0 Å². The van der Waals surface area contributed by atoms with E-state index in [0.717, 1.165) is 25.1 Å². The van der Waals surface area contributed by atoms with Gasteiger partial charge in [-0.15, -0.1) is 0 Å². The first-order chi connectivity index (χ1) is 8.54. The molecule has 100 valence electrons. The number of hydrogen-bond acceptors (Lipinski definition) is 4. The van der Waals surface area contributed by atoms with Gasteiger partial charge in [-0.05, 0) is 38.6 Å². The van der Waals surface area contributed by atoms with Crippen molar-refractivity contribution >= 4 is 5.78 Å². The van der Waals surface area contributed by atoms with Crippen LogP contribution in [0.3, 0.4) is 0 Å². The molecule has 1 aromatic rings. The minimum Gasteiger partial charge on any atom is -0.508 e. The smallest absolute Gasteiger partial charge is 0.159 e. The fraction of sp³-hybridized carbons (Fsp3) is 0.500. The van der Waals surface area contributed by atoms with Crippen molar-refractivity contribution in [1.82, 2.24) is 4.90 Å². The van der Waals surface area contributed by atoms with E-state index < -0.39 is 0 Å². The fourth-order valence-electron chi connectivity index (χ4n) is 1.78. The molecule has 0 unspecified atom stereocenters. The molecule has 0 saturated carbocycles. The Morgan fingerprint density at radius 3 is 2.78 bits per heavy atom. The van der Waals surface area contributed by atoms with Crippen LogP contribution in [-0.2, 0) is 11.3 Å². The van der Waals surface area contributed by atoms with Gasteiger partial charge >= 0.3 is 0 Å². The number of benzene rings is 1. The van der Waals surface area contributed by atoms with Gasteiger partial charge in [0.2, 0.25) is 0 Å². The number of phenolic OH excluding ortho intramolecular Hbond substituents is 1. The molecule has 1 aromatic carbocycles. The van der Waals surface area contributed by atoms with Crippen LogP contribution in [-0.4, -0.2) is 43.1 Å². The Labute approximate surface area is 108 Å². The van der Waals surface area contributed by atoms with Crippen molar-refractivity contribution in [2.24, 2.45) is 0 Å². The molecule has 1 rings (SSSR count). The minimum absolute atomic E-state index is 0.0123. The lowest BCUT2D eigenvalue weighted by atomic mass is 10.1. The van der Waals surface area contributed by atoms with E-state index in [9.17, 15) is 9.90 Å². The lowest BCUT2D eigenvalue weighted by Gasteiger charge is -2.17. The highest BCUT2D eigenvalue weighted by Crippen LogP contribution is 2.20. The van der Waals surface area contributed by atoms with E-state index in [-0.39, 0.29) is 11.5 Å². The van der Waals surface area contributed by atoms with Gasteiger partial charge in [-0.3, -0.25) is 4.79 Å². The van der Waals surface area contributed by atoms with Crippen LogP contribution >= 0.6 is 0 Å². The number of methoxy groups -OCH3 is 1. The second-order valence-electron chi connectivity index (χ2n) is 4.48. The van der Waals surface area contributed by atoms with Crippen molar-refractivity contribution in [2.45, 2.75) is 19.9 Å². The Morgan fingerprint density at radius 2 is 2.17 bits per heavy atom. The first-order valence-corrected chi connectivity index (χ1v) is 6.05. The van der Waals surface area contributed by atoms with Crippen LogP contribution in [0.25, 0.3) is 0 Å². The number of carbonyl (C=O) groups is 1. The third-order valence-corrected chi connectivity index (χ3v) is 2.81. The van der Waals surface area contributed by atoms with Crippen molar-refractivity contribution in [3.8, 4) is 5.75 Å². The second kappa shape index (κ2) is 7.13. The largest absolute Gasteiger partial charge is 0.508 e. The molecule has 0 fully saturated rings. The number of nitrogens with zero attached hydrogens (tertiary/aromatic N) is 1. The van der Waals surface area contributed by atoms with E-state index in [1.165, 1.54) is 6.92 Å². The molecule has 0 heterocycles. The van der Waals surface area contributed by atoms with Crippen LogP contribution in [0.1, 0.15) is 29.3 Å². The maximum Gasteiger partial charge on any atom is 0.159 e. The highest BCUT2D eigenvalue weighted by Gasteiger charge is 2.08. The van der Waals surface area contributed by atoms with Crippen LogP contribution < -0.4 is 0 Å². The SMILES string of the molecule is COCCCN(C)Cc1cc(C(C)=O)ccc1O. The van der Waals surface area contributed by atoms with Crippen LogP contribution in [0.15, 0.2) is 18.2 Å². The quantitative estimate of drug-likeness (QED) is 0.595. The predicted molar refractivity (Wildman–Crippen MR) is 70.9 cm³/mol. The van der Waals surface area contributed by atoms with Gasteiger partial charge in [0.1, 0.15) is 5.75 Å². The molecule has 4 heteroatoms. The number of phenols is 1. The predicted octanol–water partition coefficient (Wildman–Crippen LogP) is 2.06. The van der Waals surface area contributed by atoms with E-state index in [4.69, 9.17) is 4.74 Å². The maximum atomic E-state index is 11.3. The molecule has 0 aromatic heterocycles. The summed E-state index contributed by atoms with van der Waals surface area (Å²) in [7, 11) is 3.66. The van der Waals surface area contributed by atoms with Crippen molar-refractivity contribution in [2.75, 3.05) is 27.3 Å². The summed E-state index contributed by atoms with van der Waals surface area (Å²) in [5.41, 5.74) is 1.41.